The number of aryl methyl sites for hydroxylation is 10. The molecule has 12 rings (SSSR count). The minimum atomic E-state index is -0.960. The predicted octanol–water partition coefficient (Wildman–Crippen LogP) is 12.0. The third-order valence-electron chi connectivity index (χ3n) is 24.2. The number of likely N-dealkylation sites (N-methyl/N-ethyl adjacent to an activating group) is 3. The molecule has 7 aliphatic heterocycles. The standard InChI is InChI=1S/C19H27NO3.2C16H24NO.C15H21NO.C14H19NO.C10H17NO4.C5H9NO2.C3H5ClO2.Ag.4ClH.HI/c1-13-8-6-9-14(2)15(13)12-17(21)16-10-7-11-20(16)18(22)23-19(3,4)5;2*1-12-7-5-8-13(2)14(12)11-16(18)15-9-6-10-17(15,3)4;1-11-6-4-7-12(2)13(11)10-15(17)14-8-5-9-16(14)3;1-10-5-3-6-11(2)12(10)9-14(16)13-7-4-8-15-13;1-10(2,3)15-9(14)11-6-4-5-7(11)8(12)13;7-5(8)4-2-1-3-6-4;1-2-6-3(4)5;;;;;;/h6,8-9,16H,7,10-12H2,1-5H3;2*5,7-8,15H,6,9-11H2,1-4H3;4,6-7,14H,5,8-10H2,1-3H3;3,5-6,13,15H,4,7-9H2,1-2H3;7H,4-6H2,1-3H3,(H,12,13);4,6H,1-3H2,(H,7,8);2H2,1H3;;5*1H/q;2*+1;;;;;;+1;;;;;/p-3. The summed E-state index contributed by atoms with van der Waals surface area (Å²) in [5, 5.41) is 23.4. The first-order chi connectivity index (χ1) is 57.7. The van der Waals surface area contributed by atoms with Gasteiger partial charge in [0.25, 0.3) is 0 Å². The fourth-order valence-electron chi connectivity index (χ4n) is 17.1. The van der Waals surface area contributed by atoms with E-state index >= 15 is 0 Å². The number of Topliss-reactive ketones (excluding diaryl/α,β-unsaturated/α-hetero) is 5. The number of aliphatic carboxylic acids is 2. The third-order valence-corrected chi connectivity index (χ3v) is 24.3. The quantitative estimate of drug-likeness (QED) is 0.0209. The maximum Gasteiger partial charge on any atom is -1.00 e. The second-order valence-electron chi connectivity index (χ2n) is 36.8. The number of rotatable bonds is 18. The van der Waals surface area contributed by atoms with E-state index in [4.69, 9.17) is 31.3 Å². The molecule has 127 heavy (non-hydrogen) atoms. The monoisotopic (exact) mass is 2070 g/mol. The Morgan fingerprint density at radius 3 is 0.945 bits per heavy atom. The molecule has 7 heterocycles. The summed E-state index contributed by atoms with van der Waals surface area (Å²) in [4.78, 5) is 122. The van der Waals surface area contributed by atoms with Gasteiger partial charge in [0, 0.05) is 82.5 Å². The number of nitrogens with one attached hydrogen (secondary N) is 2. The number of halogens is 6. The van der Waals surface area contributed by atoms with Crippen LogP contribution in [0.5, 0.6) is 0 Å². The van der Waals surface area contributed by atoms with Gasteiger partial charge < -0.3 is 80.4 Å². The Morgan fingerprint density at radius 2 is 0.701 bits per heavy atom. The van der Waals surface area contributed by atoms with Gasteiger partial charge in [-0.2, -0.15) is 0 Å². The van der Waals surface area contributed by atoms with Crippen molar-refractivity contribution in [2.75, 3.05) is 87.7 Å². The molecule has 0 radical (unpaired) electrons. The SMILES string of the molecule is CC(C)(C)OC(=O)N1CCCC1C(=O)O.CCOC(=O)Cl.Cc1cccc(C)c1CC(=O)C1CCCN1.Cc1cccc(C)c1CC(=O)C1CCCN1C.Cc1cccc(C)c1CC(=O)C1CCCN1C(=O)OC(C)(C)C.Cc1cccc(C)c1CC(=O)C1CCC[N+]1(C)C.Cc1cccc(C)c1CC(=O)C1CCC[N+]1(C)C.Cl.Cl.O=C(O)C1CCCN1.[Cl-].[Cl][Ag].[I-]. The number of benzene rings is 5. The van der Waals surface area contributed by atoms with Crippen molar-refractivity contribution >= 4 is 104 Å². The van der Waals surface area contributed by atoms with Gasteiger partial charge in [-0.05, 0) is 292 Å². The van der Waals surface area contributed by atoms with Crippen molar-refractivity contribution in [1.29, 1.82) is 0 Å². The summed E-state index contributed by atoms with van der Waals surface area (Å²) in [6, 6.07) is 30.3. The number of quaternary nitrogens is 2. The molecule has 5 aromatic rings. The third kappa shape index (κ3) is 40.6. The number of nitrogens with zero attached hydrogens (tertiary/aromatic N) is 5. The number of carboxylic acids is 2. The van der Waals surface area contributed by atoms with Crippen LogP contribution in [0, 0.1) is 69.2 Å². The first-order valence-corrected chi connectivity index (χ1v) is 46.1. The van der Waals surface area contributed by atoms with Crippen molar-refractivity contribution in [2.45, 2.75) is 293 Å². The largest absolute Gasteiger partial charge is 1.00 e. The molecule has 0 aromatic heterocycles. The number of carbonyl (C=O) groups is 10. The molecular formula is C98H148AgCl5IN7O15. The van der Waals surface area contributed by atoms with Crippen LogP contribution >= 0.6 is 45.6 Å². The number of likely N-dealkylation sites (tertiary alicyclic amines) is 5. The van der Waals surface area contributed by atoms with E-state index in [1.165, 1.54) is 84.5 Å². The smallest absolute Gasteiger partial charge is 1.00 e. The Kier molecular flexibility index (Phi) is 56.2. The Bertz CT molecular complexity index is 4150. The summed E-state index contributed by atoms with van der Waals surface area (Å²) in [6.45, 7) is 39.9. The van der Waals surface area contributed by atoms with Crippen LogP contribution in [0.1, 0.15) is 222 Å². The molecule has 7 fully saturated rings. The summed E-state index contributed by atoms with van der Waals surface area (Å²) in [5.74, 6) is -0.0336. The van der Waals surface area contributed by atoms with E-state index in [1.54, 1.807) is 32.6 Å². The first kappa shape index (κ1) is 121. The van der Waals surface area contributed by atoms with Gasteiger partial charge in [0.1, 0.15) is 35.4 Å². The predicted molar refractivity (Wildman–Crippen MR) is 501 cm³/mol. The fourth-order valence-corrected chi connectivity index (χ4v) is 17.2. The number of ether oxygens (including phenoxy) is 3. The molecule has 7 unspecified atom stereocenters. The van der Waals surface area contributed by atoms with Gasteiger partial charge in [0.2, 0.25) is 0 Å². The van der Waals surface area contributed by atoms with Crippen LogP contribution in [-0.2, 0) is 99.9 Å². The maximum absolute atomic E-state index is 12.8. The molecule has 7 aliphatic rings. The number of amides is 2. The van der Waals surface area contributed by atoms with Gasteiger partial charge >= 0.3 is 58.7 Å². The van der Waals surface area contributed by atoms with E-state index in [2.05, 4.69) is 207 Å². The van der Waals surface area contributed by atoms with Crippen molar-refractivity contribution in [3.8, 4) is 0 Å². The minimum absolute atomic E-state index is 0. The number of ketones is 5. The van der Waals surface area contributed by atoms with Crippen LogP contribution in [0.4, 0.5) is 14.4 Å². The van der Waals surface area contributed by atoms with E-state index in [0.29, 0.717) is 81.4 Å². The molecule has 7 atom stereocenters. The Hall–Kier alpha value is -5.88. The molecule has 0 spiro atoms. The molecule has 2 amide bonds. The van der Waals surface area contributed by atoms with E-state index in [0.717, 1.165) is 129 Å². The summed E-state index contributed by atoms with van der Waals surface area (Å²) in [7, 11) is 15.2. The first-order valence-electron chi connectivity index (χ1n) is 43.8. The van der Waals surface area contributed by atoms with Crippen molar-refractivity contribution in [2.24, 2.45) is 0 Å². The second-order valence-corrected chi connectivity index (χ2v) is 37.1. The summed E-state index contributed by atoms with van der Waals surface area (Å²) in [6.07, 6.45) is 15.2. The van der Waals surface area contributed by atoms with Crippen molar-refractivity contribution < 1.29 is 138 Å². The maximum atomic E-state index is 12.8. The summed E-state index contributed by atoms with van der Waals surface area (Å²) in [5.41, 5.74) is 16.3. The van der Waals surface area contributed by atoms with E-state index < -0.39 is 40.7 Å². The van der Waals surface area contributed by atoms with Gasteiger partial charge in [-0.15, -0.1) is 24.8 Å². The zero-order valence-electron chi connectivity index (χ0n) is 79.4. The minimum Gasteiger partial charge on any atom is -1.00 e. The molecule has 718 valence electrons. The molecule has 0 saturated carbocycles. The number of carbonyl (C=O) groups excluding carboxylic acids is 8. The summed E-state index contributed by atoms with van der Waals surface area (Å²) >= 11 is 7.14. The Labute approximate surface area is 815 Å². The average Bonchev–Trinajstić information content (AvgIpc) is 1.71. The van der Waals surface area contributed by atoms with Gasteiger partial charge in [-0.3, -0.25) is 43.5 Å². The van der Waals surface area contributed by atoms with Gasteiger partial charge in [-0.25, -0.2) is 19.2 Å². The average molecular weight is 2080 g/mol. The van der Waals surface area contributed by atoms with E-state index in [-0.39, 0.29) is 109 Å². The number of hydrogen-bond donors (Lipinski definition) is 4. The van der Waals surface area contributed by atoms with Gasteiger partial charge in [-0.1, -0.05) is 91.0 Å². The second kappa shape index (κ2) is 58.9. The number of carboxylic acid groups (broad SMARTS) is 2. The van der Waals surface area contributed by atoms with Crippen molar-refractivity contribution in [1.82, 2.24) is 25.3 Å². The van der Waals surface area contributed by atoms with Gasteiger partial charge in [0.15, 0.2) is 28.9 Å². The topological polar surface area (TPSA) is 273 Å². The van der Waals surface area contributed by atoms with Crippen molar-refractivity contribution in [3.63, 3.8) is 0 Å². The Balaban J connectivity index is 0.00000144. The molecule has 5 aromatic carbocycles. The van der Waals surface area contributed by atoms with E-state index in [1.807, 2.05) is 58.9 Å². The summed E-state index contributed by atoms with van der Waals surface area (Å²) < 4.78 is 16.5. The molecular weight excluding hydrogens is 1930 g/mol. The van der Waals surface area contributed by atoms with Gasteiger partial charge in [0.05, 0.1) is 66.0 Å². The molecule has 4 N–H and O–H groups in total. The normalized spacial score (nSPS) is 19.6. The number of hydrogen-bond acceptors (Lipinski definition) is 16. The zero-order valence-corrected chi connectivity index (χ0v) is 86.9. The Morgan fingerprint density at radius 1 is 0.417 bits per heavy atom. The van der Waals surface area contributed by atoms with Crippen molar-refractivity contribution in [3.05, 3.63) is 174 Å². The molecule has 0 aliphatic carbocycles. The van der Waals surface area contributed by atoms with Crippen LogP contribution in [0.2, 0.25) is 0 Å². The van der Waals surface area contributed by atoms with Crippen LogP contribution < -0.4 is 47.0 Å². The van der Waals surface area contributed by atoms with E-state index in [9.17, 15) is 47.9 Å². The molecule has 0 bridgehead atoms. The zero-order chi connectivity index (χ0) is 92.4. The molecule has 7 saturated heterocycles. The van der Waals surface area contributed by atoms with Crippen LogP contribution in [0.15, 0.2) is 91.0 Å². The van der Waals surface area contributed by atoms with Crippen LogP contribution in [0.3, 0.4) is 0 Å². The molecule has 22 nitrogen and oxygen atoms in total. The van der Waals surface area contributed by atoms with Crippen LogP contribution in [-0.4, -0.2) is 234 Å². The molecule has 29 heteroatoms. The fraction of sp³-hybridized carbons (Fsp3) is 0.592. The van der Waals surface area contributed by atoms with Crippen LogP contribution in [0.25, 0.3) is 0 Å².